The Morgan fingerprint density at radius 1 is 1.45 bits per heavy atom. The van der Waals surface area contributed by atoms with Crippen molar-refractivity contribution >= 4 is 5.69 Å². The minimum atomic E-state index is -0.318. The molecule has 5 heteroatoms. The van der Waals surface area contributed by atoms with E-state index >= 15 is 0 Å². The van der Waals surface area contributed by atoms with Crippen LogP contribution in [0.3, 0.4) is 0 Å². The van der Waals surface area contributed by atoms with Crippen molar-refractivity contribution in [1.29, 1.82) is 0 Å². The van der Waals surface area contributed by atoms with Crippen LogP contribution in [-0.4, -0.2) is 23.2 Å². The van der Waals surface area contributed by atoms with Gasteiger partial charge >= 0.3 is 0 Å². The highest BCUT2D eigenvalue weighted by atomic mass is 16.6. The van der Waals surface area contributed by atoms with Crippen molar-refractivity contribution in [3.63, 3.8) is 0 Å². The molecule has 0 radical (unpaired) electrons. The van der Waals surface area contributed by atoms with Gasteiger partial charge in [-0.25, -0.2) is 0 Å². The third kappa shape index (κ3) is 3.55. The fraction of sp³-hybridized carbons (Fsp3) is 0.600. The predicted molar refractivity (Wildman–Crippen MR) is 77.7 cm³/mol. The molecule has 110 valence electrons. The standard InChI is InChI=1S/C15H22N2O3/c1-11(13-6-4-5-7-14(13)17(18)19)16-12-8-9-20-15(2,3)10-12/h4-7,11-12,16H,8-10H2,1-3H3. The van der Waals surface area contributed by atoms with Gasteiger partial charge in [0.1, 0.15) is 0 Å². The number of nitro benzene ring substituents is 1. The van der Waals surface area contributed by atoms with E-state index in [9.17, 15) is 10.1 Å². The van der Waals surface area contributed by atoms with E-state index in [1.807, 2.05) is 19.1 Å². The molecule has 0 saturated carbocycles. The van der Waals surface area contributed by atoms with Gasteiger partial charge in [0, 0.05) is 30.3 Å². The summed E-state index contributed by atoms with van der Waals surface area (Å²) in [6, 6.07) is 7.20. The Bertz CT molecular complexity index is 488. The van der Waals surface area contributed by atoms with Gasteiger partial charge in [0.15, 0.2) is 0 Å². The van der Waals surface area contributed by atoms with E-state index in [1.54, 1.807) is 12.1 Å². The van der Waals surface area contributed by atoms with Crippen LogP contribution in [0.15, 0.2) is 24.3 Å². The maximum Gasteiger partial charge on any atom is 0.274 e. The number of nitrogens with one attached hydrogen (secondary N) is 1. The average Bonchev–Trinajstić information content (AvgIpc) is 2.37. The van der Waals surface area contributed by atoms with Crippen LogP contribution in [-0.2, 0) is 4.74 Å². The number of benzene rings is 1. The summed E-state index contributed by atoms with van der Waals surface area (Å²) in [6.45, 7) is 6.87. The van der Waals surface area contributed by atoms with Crippen LogP contribution in [0.2, 0.25) is 0 Å². The highest BCUT2D eigenvalue weighted by Gasteiger charge is 2.30. The van der Waals surface area contributed by atoms with E-state index in [-0.39, 0.29) is 22.3 Å². The van der Waals surface area contributed by atoms with E-state index in [4.69, 9.17) is 4.74 Å². The molecule has 1 saturated heterocycles. The lowest BCUT2D eigenvalue weighted by molar-refractivity contribution is -0.385. The molecule has 20 heavy (non-hydrogen) atoms. The van der Waals surface area contributed by atoms with E-state index in [1.165, 1.54) is 0 Å². The van der Waals surface area contributed by atoms with E-state index in [0.717, 1.165) is 25.0 Å². The fourth-order valence-electron chi connectivity index (χ4n) is 2.84. The molecule has 0 bridgehead atoms. The zero-order valence-electron chi connectivity index (χ0n) is 12.3. The van der Waals surface area contributed by atoms with Gasteiger partial charge in [-0.1, -0.05) is 18.2 Å². The normalized spacial score (nSPS) is 23.2. The van der Waals surface area contributed by atoms with E-state index in [2.05, 4.69) is 19.2 Å². The summed E-state index contributed by atoms with van der Waals surface area (Å²) < 4.78 is 5.70. The Labute approximate surface area is 119 Å². The third-order valence-electron chi connectivity index (χ3n) is 3.78. The maximum atomic E-state index is 11.1. The SMILES string of the molecule is CC(NC1CCOC(C)(C)C1)c1ccccc1[N+](=O)[O-]. The second-order valence-electron chi connectivity index (χ2n) is 6.00. The first-order valence-electron chi connectivity index (χ1n) is 7.02. The fourth-order valence-corrected chi connectivity index (χ4v) is 2.84. The lowest BCUT2D eigenvalue weighted by Gasteiger charge is -2.37. The molecule has 2 unspecified atom stereocenters. The molecule has 1 aliphatic heterocycles. The first kappa shape index (κ1) is 14.9. The third-order valence-corrected chi connectivity index (χ3v) is 3.78. The smallest absolute Gasteiger partial charge is 0.274 e. The van der Waals surface area contributed by atoms with E-state index in [0.29, 0.717) is 6.04 Å². The maximum absolute atomic E-state index is 11.1. The molecule has 0 aliphatic carbocycles. The second kappa shape index (κ2) is 5.89. The van der Waals surface area contributed by atoms with Crippen molar-refractivity contribution in [1.82, 2.24) is 5.32 Å². The van der Waals surface area contributed by atoms with Gasteiger partial charge < -0.3 is 10.1 Å². The summed E-state index contributed by atoms with van der Waals surface area (Å²) in [5.41, 5.74) is 0.791. The Morgan fingerprint density at radius 3 is 2.80 bits per heavy atom. The number of nitro groups is 1. The molecule has 0 aromatic heterocycles. The predicted octanol–water partition coefficient (Wildman–Crippen LogP) is 3.20. The molecule has 1 aromatic rings. The number of hydrogen-bond acceptors (Lipinski definition) is 4. The van der Waals surface area contributed by atoms with Gasteiger partial charge in [-0.2, -0.15) is 0 Å². The van der Waals surface area contributed by atoms with Crippen LogP contribution < -0.4 is 5.32 Å². The first-order valence-corrected chi connectivity index (χ1v) is 7.02. The molecule has 1 fully saturated rings. The molecule has 1 aliphatic rings. The first-order chi connectivity index (χ1) is 9.39. The molecule has 0 amide bonds. The van der Waals surface area contributed by atoms with Crippen LogP contribution in [0.25, 0.3) is 0 Å². The highest BCUT2D eigenvalue weighted by molar-refractivity contribution is 5.41. The molecule has 2 atom stereocenters. The minimum absolute atomic E-state index is 0.0458. The van der Waals surface area contributed by atoms with Gasteiger partial charge in [-0.3, -0.25) is 10.1 Å². The Kier molecular flexibility index (Phi) is 4.40. The van der Waals surface area contributed by atoms with Gasteiger partial charge in [0.05, 0.1) is 10.5 Å². The van der Waals surface area contributed by atoms with Crippen molar-refractivity contribution in [3.8, 4) is 0 Å². The van der Waals surface area contributed by atoms with Crippen LogP contribution in [0.4, 0.5) is 5.69 Å². The molecule has 2 rings (SSSR count). The summed E-state index contributed by atoms with van der Waals surface area (Å²) in [5.74, 6) is 0. The average molecular weight is 278 g/mol. The zero-order valence-corrected chi connectivity index (χ0v) is 12.3. The van der Waals surface area contributed by atoms with E-state index < -0.39 is 0 Å². The summed E-state index contributed by atoms with van der Waals surface area (Å²) in [6.07, 6.45) is 1.85. The highest BCUT2D eigenvalue weighted by Crippen LogP contribution is 2.28. The Balaban J connectivity index is 2.08. The van der Waals surface area contributed by atoms with Crippen molar-refractivity contribution < 1.29 is 9.66 Å². The molecule has 0 spiro atoms. The number of para-hydroxylation sites is 1. The summed E-state index contributed by atoms with van der Waals surface area (Å²) in [4.78, 5) is 10.8. The van der Waals surface area contributed by atoms with Crippen LogP contribution in [0.5, 0.6) is 0 Å². The van der Waals surface area contributed by atoms with Crippen molar-refractivity contribution in [2.75, 3.05) is 6.61 Å². The number of hydrogen-bond donors (Lipinski definition) is 1. The molecular formula is C15H22N2O3. The molecular weight excluding hydrogens is 256 g/mol. The summed E-state index contributed by atoms with van der Waals surface area (Å²) >= 11 is 0. The number of rotatable bonds is 4. The Hall–Kier alpha value is -1.46. The number of ether oxygens (including phenoxy) is 1. The minimum Gasteiger partial charge on any atom is -0.375 e. The summed E-state index contributed by atoms with van der Waals surface area (Å²) in [7, 11) is 0. The molecule has 1 aromatic carbocycles. The van der Waals surface area contributed by atoms with Gasteiger partial charge in [-0.15, -0.1) is 0 Å². The lowest BCUT2D eigenvalue weighted by Crippen LogP contribution is -2.44. The largest absolute Gasteiger partial charge is 0.375 e. The summed E-state index contributed by atoms with van der Waals surface area (Å²) in [5, 5.41) is 14.6. The lowest BCUT2D eigenvalue weighted by atomic mass is 9.93. The molecule has 1 N–H and O–H groups in total. The van der Waals surface area contributed by atoms with Crippen molar-refractivity contribution in [2.24, 2.45) is 0 Å². The van der Waals surface area contributed by atoms with Crippen molar-refractivity contribution in [2.45, 2.75) is 51.3 Å². The number of nitrogens with zero attached hydrogens (tertiary/aromatic N) is 1. The van der Waals surface area contributed by atoms with Crippen LogP contribution >= 0.6 is 0 Å². The monoisotopic (exact) mass is 278 g/mol. The van der Waals surface area contributed by atoms with Gasteiger partial charge in [-0.05, 0) is 33.6 Å². The second-order valence-corrected chi connectivity index (χ2v) is 6.00. The van der Waals surface area contributed by atoms with Gasteiger partial charge in [0.25, 0.3) is 5.69 Å². The zero-order chi connectivity index (χ0) is 14.8. The molecule has 1 heterocycles. The van der Waals surface area contributed by atoms with Crippen LogP contribution in [0, 0.1) is 10.1 Å². The molecule has 5 nitrogen and oxygen atoms in total. The van der Waals surface area contributed by atoms with Gasteiger partial charge in [0.2, 0.25) is 0 Å². The Morgan fingerprint density at radius 2 is 2.15 bits per heavy atom. The topological polar surface area (TPSA) is 64.4 Å². The van der Waals surface area contributed by atoms with Crippen LogP contribution in [0.1, 0.15) is 45.2 Å². The quantitative estimate of drug-likeness (QED) is 0.678. The van der Waals surface area contributed by atoms with Crippen molar-refractivity contribution in [3.05, 3.63) is 39.9 Å².